The summed E-state index contributed by atoms with van der Waals surface area (Å²) in [6.07, 6.45) is 3.18. The normalized spacial score (nSPS) is 17.5. The van der Waals surface area contributed by atoms with E-state index in [1.807, 2.05) is 23.1 Å². The zero-order valence-electron chi connectivity index (χ0n) is 15.0. The number of hydrogen-bond acceptors (Lipinski definition) is 5. The molecular weight excluding hydrogens is 330 g/mol. The van der Waals surface area contributed by atoms with Crippen molar-refractivity contribution in [2.75, 3.05) is 40.3 Å². The van der Waals surface area contributed by atoms with E-state index in [-0.39, 0.29) is 11.8 Å². The number of carbonyl (C=O) groups excluding carboxylic acids is 2. The maximum Gasteiger partial charge on any atom is 0.274 e. The van der Waals surface area contributed by atoms with Crippen LogP contribution in [-0.2, 0) is 6.54 Å². The van der Waals surface area contributed by atoms with Gasteiger partial charge in [-0.15, -0.1) is 0 Å². The van der Waals surface area contributed by atoms with E-state index < -0.39 is 0 Å². The number of benzene rings is 1. The summed E-state index contributed by atoms with van der Waals surface area (Å²) < 4.78 is 0. The van der Waals surface area contributed by atoms with Crippen LogP contribution in [-0.4, -0.2) is 76.8 Å². The minimum Gasteiger partial charge on any atom is -0.337 e. The second kappa shape index (κ2) is 6.49. The van der Waals surface area contributed by atoms with Crippen LogP contribution in [0.5, 0.6) is 0 Å². The molecule has 0 N–H and O–H groups in total. The van der Waals surface area contributed by atoms with Crippen LogP contribution in [0.1, 0.15) is 26.4 Å². The van der Waals surface area contributed by atoms with Gasteiger partial charge in [-0.05, 0) is 24.7 Å². The molecule has 7 heteroatoms. The summed E-state index contributed by atoms with van der Waals surface area (Å²) in [5, 5.41) is 0. The number of carbonyl (C=O) groups is 2. The van der Waals surface area contributed by atoms with E-state index in [0.29, 0.717) is 31.0 Å². The molecule has 2 aromatic rings. The van der Waals surface area contributed by atoms with Crippen LogP contribution in [0.3, 0.4) is 0 Å². The number of amides is 2. The van der Waals surface area contributed by atoms with Gasteiger partial charge in [-0.1, -0.05) is 6.07 Å². The van der Waals surface area contributed by atoms with Gasteiger partial charge in [0.2, 0.25) is 0 Å². The molecule has 0 unspecified atom stereocenters. The number of hydrogen-bond donors (Lipinski definition) is 0. The average Bonchev–Trinajstić information content (AvgIpc) is 2.95. The first-order valence-electron chi connectivity index (χ1n) is 8.71. The fourth-order valence-electron chi connectivity index (χ4n) is 3.41. The van der Waals surface area contributed by atoms with Crippen LogP contribution in [0, 0.1) is 0 Å². The van der Waals surface area contributed by atoms with Crippen molar-refractivity contribution in [1.82, 2.24) is 24.7 Å². The second-order valence-corrected chi connectivity index (χ2v) is 6.92. The Morgan fingerprint density at radius 3 is 2.62 bits per heavy atom. The standard InChI is InChI=1S/C19H21N5O2/c1-22-5-7-24(8-6-22)19(26)17-11-20-10-16(21-17)13-3-4-15-14(9-13)12-23(2)18(15)25/h3-4,9-11H,5-8,12H2,1-2H3. The van der Waals surface area contributed by atoms with Gasteiger partial charge in [0.1, 0.15) is 5.69 Å². The zero-order valence-corrected chi connectivity index (χ0v) is 15.0. The third-order valence-corrected chi connectivity index (χ3v) is 5.03. The molecule has 2 aliphatic heterocycles. The molecule has 4 rings (SSSR count). The molecule has 7 nitrogen and oxygen atoms in total. The van der Waals surface area contributed by atoms with Gasteiger partial charge >= 0.3 is 0 Å². The van der Waals surface area contributed by atoms with Crippen molar-refractivity contribution >= 4 is 11.8 Å². The molecule has 2 aliphatic rings. The number of fused-ring (bicyclic) bond motifs is 1. The van der Waals surface area contributed by atoms with Gasteiger partial charge in [0.05, 0.1) is 18.1 Å². The summed E-state index contributed by atoms with van der Waals surface area (Å²) in [4.78, 5) is 39.2. The molecule has 0 spiro atoms. The highest BCUT2D eigenvalue weighted by Crippen LogP contribution is 2.26. The van der Waals surface area contributed by atoms with Crippen molar-refractivity contribution in [3.05, 3.63) is 47.4 Å². The topological polar surface area (TPSA) is 69.6 Å². The van der Waals surface area contributed by atoms with Crippen LogP contribution in [0.2, 0.25) is 0 Å². The van der Waals surface area contributed by atoms with Crippen LogP contribution in [0.15, 0.2) is 30.6 Å². The summed E-state index contributed by atoms with van der Waals surface area (Å²) in [5.74, 6) is -0.0415. The van der Waals surface area contributed by atoms with E-state index in [9.17, 15) is 9.59 Å². The lowest BCUT2D eigenvalue weighted by atomic mass is 10.0. The van der Waals surface area contributed by atoms with Gasteiger partial charge in [0.25, 0.3) is 11.8 Å². The quantitative estimate of drug-likeness (QED) is 0.811. The summed E-state index contributed by atoms with van der Waals surface area (Å²) in [7, 11) is 3.84. The lowest BCUT2D eigenvalue weighted by molar-refractivity contribution is 0.0657. The summed E-state index contributed by atoms with van der Waals surface area (Å²) in [5.41, 5.74) is 3.59. The highest BCUT2D eigenvalue weighted by atomic mass is 16.2. The Morgan fingerprint density at radius 2 is 1.85 bits per heavy atom. The van der Waals surface area contributed by atoms with Gasteiger partial charge in [0.15, 0.2) is 0 Å². The smallest absolute Gasteiger partial charge is 0.274 e. The third-order valence-electron chi connectivity index (χ3n) is 5.03. The molecule has 3 heterocycles. The number of nitrogens with zero attached hydrogens (tertiary/aromatic N) is 5. The Kier molecular flexibility index (Phi) is 4.16. The van der Waals surface area contributed by atoms with Crippen molar-refractivity contribution in [2.45, 2.75) is 6.54 Å². The Balaban J connectivity index is 1.60. The summed E-state index contributed by atoms with van der Waals surface area (Å²) in [6.45, 7) is 3.73. The lowest BCUT2D eigenvalue weighted by Gasteiger charge is -2.32. The van der Waals surface area contributed by atoms with Crippen LogP contribution in [0.4, 0.5) is 0 Å². The minimum atomic E-state index is -0.0801. The molecule has 0 bridgehead atoms. The second-order valence-electron chi connectivity index (χ2n) is 6.92. The lowest BCUT2D eigenvalue weighted by Crippen LogP contribution is -2.47. The predicted octanol–water partition coefficient (Wildman–Crippen LogP) is 1.12. The largest absolute Gasteiger partial charge is 0.337 e. The average molecular weight is 351 g/mol. The van der Waals surface area contributed by atoms with Crippen molar-refractivity contribution in [1.29, 1.82) is 0 Å². The summed E-state index contributed by atoms with van der Waals surface area (Å²) in [6, 6.07) is 5.65. The fourth-order valence-corrected chi connectivity index (χ4v) is 3.41. The number of rotatable bonds is 2. The van der Waals surface area contributed by atoms with Crippen molar-refractivity contribution in [3.63, 3.8) is 0 Å². The maximum atomic E-state index is 12.7. The predicted molar refractivity (Wildman–Crippen MR) is 96.7 cm³/mol. The van der Waals surface area contributed by atoms with Crippen molar-refractivity contribution < 1.29 is 9.59 Å². The molecule has 1 fully saturated rings. The highest BCUT2D eigenvalue weighted by Gasteiger charge is 2.25. The Labute approximate surface area is 152 Å². The van der Waals surface area contributed by atoms with Gasteiger partial charge in [-0.3, -0.25) is 14.6 Å². The molecule has 0 atom stereocenters. The van der Waals surface area contributed by atoms with E-state index in [1.54, 1.807) is 18.1 Å². The molecule has 2 amide bonds. The van der Waals surface area contributed by atoms with Crippen molar-refractivity contribution in [3.8, 4) is 11.3 Å². The number of piperazine rings is 1. The Hall–Kier alpha value is -2.80. The first kappa shape index (κ1) is 16.7. The Morgan fingerprint density at radius 1 is 1.08 bits per heavy atom. The summed E-state index contributed by atoms with van der Waals surface area (Å²) >= 11 is 0. The van der Waals surface area contributed by atoms with Crippen LogP contribution in [0.25, 0.3) is 11.3 Å². The van der Waals surface area contributed by atoms with Crippen LogP contribution < -0.4 is 0 Å². The molecule has 1 aromatic heterocycles. The first-order chi connectivity index (χ1) is 12.5. The number of aromatic nitrogens is 2. The first-order valence-corrected chi connectivity index (χ1v) is 8.71. The maximum absolute atomic E-state index is 12.7. The van der Waals surface area contributed by atoms with Gasteiger partial charge in [-0.25, -0.2) is 4.98 Å². The highest BCUT2D eigenvalue weighted by molar-refractivity contribution is 5.98. The third kappa shape index (κ3) is 2.94. The zero-order chi connectivity index (χ0) is 18.3. The van der Waals surface area contributed by atoms with Crippen LogP contribution >= 0.6 is 0 Å². The molecule has 0 aliphatic carbocycles. The minimum absolute atomic E-state index is 0.0385. The van der Waals surface area contributed by atoms with Gasteiger partial charge in [0, 0.05) is 50.9 Å². The molecule has 1 aromatic carbocycles. The van der Waals surface area contributed by atoms with Gasteiger partial charge < -0.3 is 14.7 Å². The van der Waals surface area contributed by atoms with E-state index in [2.05, 4.69) is 21.9 Å². The molecule has 1 saturated heterocycles. The van der Waals surface area contributed by atoms with Crippen molar-refractivity contribution in [2.24, 2.45) is 0 Å². The number of likely N-dealkylation sites (N-methyl/N-ethyl adjacent to an activating group) is 1. The monoisotopic (exact) mass is 351 g/mol. The molecule has 0 radical (unpaired) electrons. The Bertz CT molecular complexity index is 874. The SMILES string of the molecule is CN1CCN(C(=O)c2cncc(-c3ccc4c(c3)CN(C)C4=O)n2)CC1. The molecule has 134 valence electrons. The van der Waals surface area contributed by atoms with E-state index in [0.717, 1.165) is 29.8 Å². The van der Waals surface area contributed by atoms with Gasteiger partial charge in [-0.2, -0.15) is 0 Å². The molecule has 0 saturated carbocycles. The van der Waals surface area contributed by atoms with E-state index in [1.165, 1.54) is 6.20 Å². The molecule has 26 heavy (non-hydrogen) atoms. The molecular formula is C19H21N5O2. The fraction of sp³-hybridized carbons (Fsp3) is 0.368. The van der Waals surface area contributed by atoms with E-state index in [4.69, 9.17) is 0 Å². The van der Waals surface area contributed by atoms with E-state index >= 15 is 0 Å².